The van der Waals surface area contributed by atoms with Crippen molar-refractivity contribution in [2.75, 3.05) is 20.1 Å². The van der Waals surface area contributed by atoms with Crippen LogP contribution in [0.1, 0.15) is 53.4 Å². The summed E-state index contributed by atoms with van der Waals surface area (Å²) >= 11 is 0. The van der Waals surface area contributed by atoms with E-state index in [2.05, 4.69) is 45.0 Å². The van der Waals surface area contributed by atoms with E-state index >= 15 is 0 Å². The molecule has 2 nitrogen and oxygen atoms in total. The summed E-state index contributed by atoms with van der Waals surface area (Å²) in [6.45, 7) is 11.7. The Morgan fingerprint density at radius 1 is 1.19 bits per heavy atom. The summed E-state index contributed by atoms with van der Waals surface area (Å²) in [5.41, 5.74) is 0.620. The van der Waals surface area contributed by atoms with Crippen LogP contribution in [0.5, 0.6) is 0 Å². The first kappa shape index (κ1) is 14.0. The third kappa shape index (κ3) is 4.42. The molecule has 0 aliphatic heterocycles. The fourth-order valence-corrected chi connectivity index (χ4v) is 1.94. The zero-order valence-corrected chi connectivity index (χ0v) is 11.8. The van der Waals surface area contributed by atoms with Crippen molar-refractivity contribution in [1.29, 1.82) is 0 Å². The molecule has 0 saturated heterocycles. The monoisotopic (exact) mass is 226 g/mol. The average molecular weight is 226 g/mol. The second kappa shape index (κ2) is 6.02. The minimum absolute atomic E-state index is 0.620. The standard InChI is InChI=1S/C14H30N2/c1-12(2)16(5)11-7-6-10-15-13(3)14(4)8-9-14/h12-13,15H,6-11H2,1-5H3. The predicted molar refractivity (Wildman–Crippen MR) is 71.8 cm³/mol. The number of hydrogen-bond donors (Lipinski definition) is 1. The van der Waals surface area contributed by atoms with E-state index in [-0.39, 0.29) is 0 Å². The Labute approximate surface area is 102 Å². The molecule has 1 aliphatic carbocycles. The van der Waals surface area contributed by atoms with Gasteiger partial charge in [0, 0.05) is 12.1 Å². The molecule has 0 aromatic rings. The number of rotatable bonds is 8. The maximum absolute atomic E-state index is 3.67. The quantitative estimate of drug-likeness (QED) is 0.640. The lowest BCUT2D eigenvalue weighted by Crippen LogP contribution is -2.34. The van der Waals surface area contributed by atoms with Gasteiger partial charge in [0.2, 0.25) is 0 Å². The van der Waals surface area contributed by atoms with E-state index in [1.165, 1.54) is 38.8 Å². The molecule has 0 amide bonds. The first-order chi connectivity index (χ1) is 7.46. The minimum atomic E-state index is 0.620. The van der Waals surface area contributed by atoms with E-state index in [1.54, 1.807) is 0 Å². The van der Waals surface area contributed by atoms with Gasteiger partial charge in [-0.25, -0.2) is 0 Å². The van der Waals surface area contributed by atoms with Crippen molar-refractivity contribution in [1.82, 2.24) is 10.2 Å². The van der Waals surface area contributed by atoms with Gasteiger partial charge in [-0.2, -0.15) is 0 Å². The fourth-order valence-electron chi connectivity index (χ4n) is 1.94. The van der Waals surface area contributed by atoms with Crippen LogP contribution in [0.25, 0.3) is 0 Å². The Bertz CT molecular complexity index is 197. The van der Waals surface area contributed by atoms with E-state index in [4.69, 9.17) is 0 Å². The van der Waals surface area contributed by atoms with Crippen molar-refractivity contribution in [2.45, 2.75) is 65.5 Å². The normalized spacial score (nSPS) is 20.4. The Kier molecular flexibility index (Phi) is 5.26. The topological polar surface area (TPSA) is 15.3 Å². The van der Waals surface area contributed by atoms with Crippen molar-refractivity contribution < 1.29 is 0 Å². The summed E-state index contributed by atoms with van der Waals surface area (Å²) < 4.78 is 0. The van der Waals surface area contributed by atoms with Gasteiger partial charge in [-0.05, 0) is 72.0 Å². The first-order valence-corrected chi connectivity index (χ1v) is 6.89. The van der Waals surface area contributed by atoms with Crippen molar-refractivity contribution in [3.8, 4) is 0 Å². The first-order valence-electron chi connectivity index (χ1n) is 6.89. The van der Waals surface area contributed by atoms with Crippen LogP contribution in [0.2, 0.25) is 0 Å². The van der Waals surface area contributed by atoms with Crippen LogP contribution in [-0.4, -0.2) is 37.1 Å². The molecule has 0 aromatic heterocycles. The van der Waals surface area contributed by atoms with Crippen molar-refractivity contribution in [3.63, 3.8) is 0 Å². The molecule has 1 N–H and O–H groups in total. The number of hydrogen-bond acceptors (Lipinski definition) is 2. The van der Waals surface area contributed by atoms with E-state index in [0.717, 1.165) is 0 Å². The molecule has 16 heavy (non-hydrogen) atoms. The second-order valence-electron chi connectivity index (χ2n) is 6.11. The lowest BCUT2D eigenvalue weighted by molar-refractivity contribution is 0.266. The zero-order valence-electron chi connectivity index (χ0n) is 11.8. The maximum atomic E-state index is 3.67. The van der Waals surface area contributed by atoms with Gasteiger partial charge in [0.15, 0.2) is 0 Å². The van der Waals surface area contributed by atoms with Crippen LogP contribution in [0.4, 0.5) is 0 Å². The van der Waals surface area contributed by atoms with Gasteiger partial charge >= 0.3 is 0 Å². The second-order valence-corrected chi connectivity index (χ2v) is 6.11. The Balaban J connectivity index is 1.96. The largest absolute Gasteiger partial charge is 0.314 e. The molecule has 1 rings (SSSR count). The molecule has 2 heteroatoms. The van der Waals surface area contributed by atoms with Gasteiger partial charge in [-0.15, -0.1) is 0 Å². The highest BCUT2D eigenvalue weighted by atomic mass is 15.1. The van der Waals surface area contributed by atoms with Gasteiger partial charge in [0.25, 0.3) is 0 Å². The van der Waals surface area contributed by atoms with Crippen LogP contribution in [0.3, 0.4) is 0 Å². The zero-order chi connectivity index (χ0) is 12.2. The highest BCUT2D eigenvalue weighted by Crippen LogP contribution is 2.47. The fraction of sp³-hybridized carbons (Fsp3) is 1.00. The molecule has 0 heterocycles. The number of unbranched alkanes of at least 4 members (excludes halogenated alkanes) is 1. The summed E-state index contributed by atoms with van der Waals surface area (Å²) in [7, 11) is 2.21. The Morgan fingerprint density at radius 2 is 1.81 bits per heavy atom. The summed E-state index contributed by atoms with van der Waals surface area (Å²) in [6.07, 6.45) is 5.44. The Hall–Kier alpha value is -0.0800. The molecule has 0 radical (unpaired) electrons. The minimum Gasteiger partial charge on any atom is -0.314 e. The molecule has 0 spiro atoms. The lowest BCUT2D eigenvalue weighted by Gasteiger charge is -2.22. The van der Waals surface area contributed by atoms with Gasteiger partial charge in [-0.3, -0.25) is 0 Å². The number of nitrogens with one attached hydrogen (secondary N) is 1. The van der Waals surface area contributed by atoms with E-state index in [1.807, 2.05) is 0 Å². The van der Waals surface area contributed by atoms with Crippen LogP contribution in [0, 0.1) is 5.41 Å². The maximum Gasteiger partial charge on any atom is 0.00925 e. The van der Waals surface area contributed by atoms with E-state index in [9.17, 15) is 0 Å². The van der Waals surface area contributed by atoms with Crippen LogP contribution in [-0.2, 0) is 0 Å². The molecule has 1 saturated carbocycles. The number of nitrogens with zero attached hydrogens (tertiary/aromatic N) is 1. The van der Waals surface area contributed by atoms with Gasteiger partial charge in [0.05, 0.1) is 0 Å². The molecule has 1 aliphatic rings. The molecular formula is C14H30N2. The highest BCUT2D eigenvalue weighted by Gasteiger charge is 2.41. The third-order valence-electron chi connectivity index (χ3n) is 4.35. The molecule has 1 atom stereocenters. The van der Waals surface area contributed by atoms with Gasteiger partial charge < -0.3 is 10.2 Å². The molecule has 1 fully saturated rings. The molecule has 1 unspecified atom stereocenters. The molecular weight excluding hydrogens is 196 g/mol. The van der Waals surface area contributed by atoms with Crippen LogP contribution >= 0.6 is 0 Å². The molecule has 96 valence electrons. The van der Waals surface area contributed by atoms with Gasteiger partial charge in [0.1, 0.15) is 0 Å². The van der Waals surface area contributed by atoms with Gasteiger partial charge in [-0.1, -0.05) is 6.92 Å². The van der Waals surface area contributed by atoms with E-state index < -0.39 is 0 Å². The molecule has 0 aromatic carbocycles. The summed E-state index contributed by atoms with van der Waals surface area (Å²) in [4.78, 5) is 2.42. The van der Waals surface area contributed by atoms with Crippen molar-refractivity contribution in [2.24, 2.45) is 5.41 Å². The summed E-state index contributed by atoms with van der Waals surface area (Å²) in [5.74, 6) is 0. The lowest BCUT2D eigenvalue weighted by atomic mass is 10.0. The van der Waals surface area contributed by atoms with Crippen LogP contribution < -0.4 is 5.32 Å². The van der Waals surface area contributed by atoms with Crippen molar-refractivity contribution in [3.05, 3.63) is 0 Å². The Morgan fingerprint density at radius 3 is 2.31 bits per heavy atom. The smallest absolute Gasteiger partial charge is 0.00925 e. The van der Waals surface area contributed by atoms with Crippen LogP contribution in [0.15, 0.2) is 0 Å². The predicted octanol–water partition coefficient (Wildman–Crippen LogP) is 2.89. The van der Waals surface area contributed by atoms with Crippen molar-refractivity contribution >= 4 is 0 Å². The van der Waals surface area contributed by atoms with E-state index in [0.29, 0.717) is 17.5 Å². The third-order valence-corrected chi connectivity index (χ3v) is 4.35. The summed E-state index contributed by atoms with van der Waals surface area (Å²) in [5, 5.41) is 3.67. The SMILES string of the molecule is CC(C)N(C)CCCCNC(C)C1(C)CC1. The molecule has 0 bridgehead atoms. The highest BCUT2D eigenvalue weighted by molar-refractivity contribution is 4.96. The summed E-state index contributed by atoms with van der Waals surface area (Å²) in [6, 6.07) is 1.38. The average Bonchev–Trinajstić information content (AvgIpc) is 2.96.